The lowest BCUT2D eigenvalue weighted by molar-refractivity contribution is -0.149. The van der Waals surface area contributed by atoms with Gasteiger partial charge in [-0.1, -0.05) is 6.92 Å². The lowest BCUT2D eigenvalue weighted by atomic mass is 10.3. The summed E-state index contributed by atoms with van der Waals surface area (Å²) in [5.41, 5.74) is 0. The zero-order valence-corrected chi connectivity index (χ0v) is 8.48. The zero-order valence-electron chi connectivity index (χ0n) is 8.48. The third-order valence-electron chi connectivity index (χ3n) is 2.41. The quantitative estimate of drug-likeness (QED) is 0.697. The third-order valence-corrected chi connectivity index (χ3v) is 2.41. The first-order valence-corrected chi connectivity index (χ1v) is 5.02. The van der Waals surface area contributed by atoms with Gasteiger partial charge in [-0.05, 0) is 13.0 Å². The minimum atomic E-state index is -4.05. The Morgan fingerprint density at radius 3 is 1.93 bits per heavy atom. The maximum absolute atomic E-state index is 12.0. The summed E-state index contributed by atoms with van der Waals surface area (Å²) in [7, 11) is 0. The van der Waals surface area contributed by atoms with E-state index in [4.69, 9.17) is 0 Å². The molecule has 0 spiro atoms. The van der Waals surface area contributed by atoms with Gasteiger partial charge in [0.1, 0.15) is 0 Å². The maximum Gasteiger partial charge on any atom is 0.401 e. The molecule has 1 aliphatic heterocycles. The highest BCUT2D eigenvalue weighted by molar-refractivity contribution is 4.73. The van der Waals surface area contributed by atoms with E-state index in [9.17, 15) is 13.2 Å². The van der Waals surface area contributed by atoms with Crippen molar-refractivity contribution in [3.05, 3.63) is 0 Å². The van der Waals surface area contributed by atoms with Crippen LogP contribution in [0.2, 0.25) is 0 Å². The van der Waals surface area contributed by atoms with Crippen molar-refractivity contribution in [2.75, 3.05) is 39.3 Å². The second-order valence-corrected chi connectivity index (χ2v) is 3.73. The Bertz CT molecular complexity index is 162. The molecule has 0 atom stereocenters. The fourth-order valence-corrected chi connectivity index (χ4v) is 1.74. The van der Waals surface area contributed by atoms with Gasteiger partial charge in [0, 0.05) is 26.2 Å². The average molecular weight is 210 g/mol. The van der Waals surface area contributed by atoms with Crippen LogP contribution in [0.5, 0.6) is 0 Å². The topological polar surface area (TPSA) is 6.48 Å². The molecule has 0 aromatic carbocycles. The molecule has 1 fully saturated rings. The molecule has 0 unspecified atom stereocenters. The molecule has 1 aliphatic rings. The molecular weight excluding hydrogens is 193 g/mol. The first-order valence-electron chi connectivity index (χ1n) is 5.02. The Hall–Kier alpha value is -0.290. The molecule has 0 aromatic rings. The maximum atomic E-state index is 12.0. The van der Waals surface area contributed by atoms with Gasteiger partial charge in [0.05, 0.1) is 6.54 Å². The lowest BCUT2D eigenvalue weighted by Crippen LogP contribution is -2.49. The summed E-state index contributed by atoms with van der Waals surface area (Å²) in [5.74, 6) is 0. The van der Waals surface area contributed by atoms with Crippen molar-refractivity contribution < 1.29 is 13.2 Å². The summed E-state index contributed by atoms with van der Waals surface area (Å²) in [5, 5.41) is 0. The largest absolute Gasteiger partial charge is 0.401 e. The van der Waals surface area contributed by atoms with Gasteiger partial charge in [0.2, 0.25) is 0 Å². The fraction of sp³-hybridized carbons (Fsp3) is 1.00. The molecule has 1 saturated heterocycles. The second kappa shape index (κ2) is 4.98. The molecule has 0 aromatic heterocycles. The van der Waals surface area contributed by atoms with Gasteiger partial charge in [-0.2, -0.15) is 13.2 Å². The van der Waals surface area contributed by atoms with Crippen LogP contribution in [0.15, 0.2) is 0 Å². The van der Waals surface area contributed by atoms with Crippen LogP contribution in [-0.2, 0) is 0 Å². The number of hydrogen-bond donors (Lipinski definition) is 0. The molecule has 0 aliphatic carbocycles. The van der Waals surface area contributed by atoms with Crippen molar-refractivity contribution in [1.82, 2.24) is 9.80 Å². The first kappa shape index (κ1) is 11.8. The molecule has 0 bridgehead atoms. The van der Waals surface area contributed by atoms with Crippen LogP contribution in [-0.4, -0.2) is 55.2 Å². The van der Waals surface area contributed by atoms with Crippen LogP contribution in [0.25, 0.3) is 0 Å². The fourth-order valence-electron chi connectivity index (χ4n) is 1.74. The van der Waals surface area contributed by atoms with E-state index in [0.717, 1.165) is 26.1 Å². The van der Waals surface area contributed by atoms with Gasteiger partial charge >= 0.3 is 6.18 Å². The molecule has 0 amide bonds. The van der Waals surface area contributed by atoms with Crippen molar-refractivity contribution >= 4 is 0 Å². The summed E-state index contributed by atoms with van der Waals surface area (Å²) in [4.78, 5) is 3.69. The summed E-state index contributed by atoms with van der Waals surface area (Å²) in [6.45, 7) is 4.95. The van der Waals surface area contributed by atoms with Crippen LogP contribution in [0.4, 0.5) is 13.2 Å². The predicted molar refractivity (Wildman–Crippen MR) is 49.2 cm³/mol. The van der Waals surface area contributed by atoms with Crippen molar-refractivity contribution in [2.24, 2.45) is 0 Å². The molecule has 1 heterocycles. The minimum absolute atomic E-state index is 0.541. The molecule has 84 valence electrons. The Labute approximate surface area is 82.7 Å². The van der Waals surface area contributed by atoms with Gasteiger partial charge in [0.25, 0.3) is 0 Å². The van der Waals surface area contributed by atoms with E-state index in [0.29, 0.717) is 13.1 Å². The van der Waals surface area contributed by atoms with Crippen LogP contribution in [0.1, 0.15) is 13.3 Å². The number of halogens is 3. The van der Waals surface area contributed by atoms with Gasteiger partial charge in [-0.15, -0.1) is 0 Å². The third kappa shape index (κ3) is 4.28. The second-order valence-electron chi connectivity index (χ2n) is 3.73. The average Bonchev–Trinajstić information content (AvgIpc) is 2.06. The van der Waals surface area contributed by atoms with E-state index in [1.54, 1.807) is 0 Å². The SMILES string of the molecule is CCCN1CCN(CC(F)(F)F)CC1. The zero-order chi connectivity index (χ0) is 10.6. The van der Waals surface area contributed by atoms with Gasteiger partial charge < -0.3 is 4.90 Å². The highest BCUT2D eigenvalue weighted by Gasteiger charge is 2.31. The van der Waals surface area contributed by atoms with E-state index in [-0.39, 0.29) is 0 Å². The number of hydrogen-bond acceptors (Lipinski definition) is 2. The monoisotopic (exact) mass is 210 g/mol. The van der Waals surface area contributed by atoms with Crippen molar-refractivity contribution in [2.45, 2.75) is 19.5 Å². The van der Waals surface area contributed by atoms with E-state index >= 15 is 0 Å². The summed E-state index contributed by atoms with van der Waals surface area (Å²) in [6, 6.07) is 0. The summed E-state index contributed by atoms with van der Waals surface area (Å²) >= 11 is 0. The molecule has 0 radical (unpaired) electrons. The van der Waals surface area contributed by atoms with Crippen LogP contribution in [0.3, 0.4) is 0 Å². The Balaban J connectivity index is 2.22. The minimum Gasteiger partial charge on any atom is -0.301 e. The molecule has 14 heavy (non-hydrogen) atoms. The number of rotatable bonds is 3. The molecule has 5 heteroatoms. The van der Waals surface area contributed by atoms with E-state index in [2.05, 4.69) is 11.8 Å². The van der Waals surface area contributed by atoms with Crippen molar-refractivity contribution in [3.8, 4) is 0 Å². The van der Waals surface area contributed by atoms with Gasteiger partial charge in [-0.3, -0.25) is 4.90 Å². The highest BCUT2D eigenvalue weighted by Crippen LogP contribution is 2.17. The molecule has 0 saturated carbocycles. The summed E-state index contributed by atoms with van der Waals surface area (Å²) in [6.07, 6.45) is -2.98. The van der Waals surface area contributed by atoms with E-state index in [1.807, 2.05) is 0 Å². The summed E-state index contributed by atoms with van der Waals surface area (Å²) < 4.78 is 36.1. The Morgan fingerprint density at radius 2 is 1.50 bits per heavy atom. The smallest absolute Gasteiger partial charge is 0.301 e. The number of alkyl halides is 3. The highest BCUT2D eigenvalue weighted by atomic mass is 19.4. The Kier molecular flexibility index (Phi) is 4.19. The van der Waals surface area contributed by atoms with Crippen LogP contribution in [0, 0.1) is 0 Å². The lowest BCUT2D eigenvalue weighted by Gasteiger charge is -2.34. The normalized spacial score (nSPS) is 21.4. The van der Waals surface area contributed by atoms with E-state index in [1.165, 1.54) is 4.90 Å². The van der Waals surface area contributed by atoms with Crippen LogP contribution < -0.4 is 0 Å². The molecular formula is C9H17F3N2. The number of piperazine rings is 1. The van der Waals surface area contributed by atoms with E-state index < -0.39 is 12.7 Å². The molecule has 1 rings (SSSR count). The number of nitrogens with zero attached hydrogens (tertiary/aromatic N) is 2. The molecule has 0 N–H and O–H groups in total. The predicted octanol–water partition coefficient (Wildman–Crippen LogP) is 1.58. The van der Waals surface area contributed by atoms with Gasteiger partial charge in [0.15, 0.2) is 0 Å². The van der Waals surface area contributed by atoms with Crippen LogP contribution >= 0.6 is 0 Å². The standard InChI is InChI=1S/C9H17F3N2/c1-2-3-13-4-6-14(7-5-13)8-9(10,11)12/h2-8H2,1H3. The Morgan fingerprint density at radius 1 is 1.00 bits per heavy atom. The molecule has 2 nitrogen and oxygen atoms in total. The van der Waals surface area contributed by atoms with Gasteiger partial charge in [-0.25, -0.2) is 0 Å². The van der Waals surface area contributed by atoms with Crippen molar-refractivity contribution in [3.63, 3.8) is 0 Å². The van der Waals surface area contributed by atoms with Crippen molar-refractivity contribution in [1.29, 1.82) is 0 Å². The first-order chi connectivity index (χ1) is 6.51.